The minimum Gasteiger partial charge on any atom is -0.310 e. The van der Waals surface area contributed by atoms with E-state index in [-0.39, 0.29) is 22.5 Å². The van der Waals surface area contributed by atoms with E-state index < -0.39 is 11.6 Å². The molecule has 0 N–H and O–H groups in total. The van der Waals surface area contributed by atoms with E-state index in [1.165, 1.54) is 4.90 Å². The zero-order valence-electron chi connectivity index (χ0n) is 8.79. The fourth-order valence-electron chi connectivity index (χ4n) is 1.86. The van der Waals surface area contributed by atoms with Crippen molar-refractivity contribution >= 4 is 35.8 Å². The molecule has 1 aromatic rings. The smallest absolute Gasteiger partial charge is 0.227 e. The Kier molecular flexibility index (Phi) is 3.58. The van der Waals surface area contributed by atoms with Crippen LogP contribution in [0.15, 0.2) is 12.1 Å². The maximum atomic E-state index is 13.1. The Morgan fingerprint density at radius 1 is 1.41 bits per heavy atom. The fourth-order valence-corrected chi connectivity index (χ4v) is 2.35. The molecule has 1 fully saturated rings. The predicted molar refractivity (Wildman–Crippen MR) is 65.7 cm³/mol. The lowest BCUT2D eigenvalue weighted by Crippen LogP contribution is -2.25. The van der Waals surface area contributed by atoms with Crippen molar-refractivity contribution in [3.8, 4) is 0 Å². The Balaban J connectivity index is 2.35. The van der Waals surface area contributed by atoms with Gasteiger partial charge in [0.15, 0.2) is 11.6 Å². The Morgan fingerprint density at radius 2 is 2.06 bits per heavy atom. The summed E-state index contributed by atoms with van der Waals surface area (Å²) < 4.78 is 26.0. The van der Waals surface area contributed by atoms with Gasteiger partial charge in [0.1, 0.15) is 0 Å². The van der Waals surface area contributed by atoms with Gasteiger partial charge in [0.2, 0.25) is 5.91 Å². The molecule has 1 aromatic carbocycles. The Hall–Kier alpha value is -0.810. The summed E-state index contributed by atoms with van der Waals surface area (Å²) >= 11 is 9.94. The number of rotatable bonds is 2. The van der Waals surface area contributed by atoms with Gasteiger partial charge in [-0.3, -0.25) is 4.79 Å². The molecule has 6 heteroatoms. The fraction of sp³-hybridized carbons (Fsp3) is 0.364. The zero-order valence-corrected chi connectivity index (χ0v) is 10.4. The molecular weight excluding hydrogens is 268 g/mol. The molecule has 0 aromatic heterocycles. The van der Waals surface area contributed by atoms with Crippen LogP contribution in [0, 0.1) is 17.6 Å². The number of amides is 1. The molecular formula is C11H10ClF2NOS. The third-order valence-corrected chi connectivity index (χ3v) is 3.56. The summed E-state index contributed by atoms with van der Waals surface area (Å²) in [5.74, 6) is -1.47. The molecule has 0 saturated carbocycles. The molecule has 2 nitrogen and oxygen atoms in total. The van der Waals surface area contributed by atoms with E-state index in [0.717, 1.165) is 12.1 Å². The summed E-state index contributed by atoms with van der Waals surface area (Å²) in [6, 6.07) is 1.84. The van der Waals surface area contributed by atoms with Crippen LogP contribution in [-0.2, 0) is 4.79 Å². The summed E-state index contributed by atoms with van der Waals surface area (Å²) in [7, 11) is 0. The predicted octanol–water partition coefficient (Wildman–Crippen LogP) is 2.90. The van der Waals surface area contributed by atoms with E-state index in [1.54, 1.807) is 0 Å². The summed E-state index contributed by atoms with van der Waals surface area (Å²) in [6.07, 6.45) is 0.360. The first kappa shape index (κ1) is 12.6. The number of nitrogens with zero attached hydrogens (tertiary/aromatic N) is 1. The van der Waals surface area contributed by atoms with E-state index in [0.29, 0.717) is 18.7 Å². The second kappa shape index (κ2) is 4.82. The number of anilines is 1. The Labute approximate surface area is 108 Å². The van der Waals surface area contributed by atoms with E-state index in [9.17, 15) is 13.6 Å². The molecule has 2 rings (SSSR count). The lowest BCUT2D eigenvalue weighted by molar-refractivity contribution is -0.117. The van der Waals surface area contributed by atoms with Crippen molar-refractivity contribution in [1.29, 1.82) is 0 Å². The van der Waals surface area contributed by atoms with E-state index in [1.807, 2.05) is 0 Å². The highest BCUT2D eigenvalue weighted by atomic mass is 35.5. The van der Waals surface area contributed by atoms with Gasteiger partial charge in [0.05, 0.1) is 10.7 Å². The number of halogens is 3. The van der Waals surface area contributed by atoms with Crippen LogP contribution < -0.4 is 4.90 Å². The van der Waals surface area contributed by atoms with Crippen LogP contribution in [-0.4, -0.2) is 18.2 Å². The molecule has 1 saturated heterocycles. The van der Waals surface area contributed by atoms with Gasteiger partial charge in [-0.15, -0.1) is 0 Å². The zero-order chi connectivity index (χ0) is 12.6. The highest BCUT2D eigenvalue weighted by Crippen LogP contribution is 2.33. The van der Waals surface area contributed by atoms with Crippen molar-refractivity contribution in [2.24, 2.45) is 5.92 Å². The molecule has 1 unspecified atom stereocenters. The van der Waals surface area contributed by atoms with Crippen LogP contribution in [0.2, 0.25) is 5.02 Å². The maximum absolute atomic E-state index is 13.1. The molecule has 92 valence electrons. The van der Waals surface area contributed by atoms with Gasteiger partial charge < -0.3 is 4.90 Å². The number of carbonyl (C=O) groups excluding carboxylic acids is 1. The van der Waals surface area contributed by atoms with Crippen LogP contribution in [0.3, 0.4) is 0 Å². The van der Waals surface area contributed by atoms with Crippen molar-refractivity contribution in [3.63, 3.8) is 0 Å². The first-order valence-corrected chi connectivity index (χ1v) is 6.09. The van der Waals surface area contributed by atoms with Crippen LogP contribution in [0.25, 0.3) is 0 Å². The molecule has 0 aliphatic carbocycles. The average Bonchev–Trinajstić information content (AvgIpc) is 2.65. The molecule has 1 amide bonds. The van der Waals surface area contributed by atoms with Crippen molar-refractivity contribution in [2.45, 2.75) is 6.42 Å². The summed E-state index contributed by atoms with van der Waals surface area (Å²) in [5.41, 5.74) is 0.222. The third kappa shape index (κ3) is 2.40. The van der Waals surface area contributed by atoms with Crippen molar-refractivity contribution in [1.82, 2.24) is 0 Å². The Bertz CT molecular complexity index is 469. The molecule has 1 heterocycles. The van der Waals surface area contributed by atoms with Crippen LogP contribution >= 0.6 is 24.2 Å². The minimum absolute atomic E-state index is 0.0389. The van der Waals surface area contributed by atoms with Crippen LogP contribution in [0.4, 0.5) is 14.5 Å². The Morgan fingerprint density at radius 3 is 2.65 bits per heavy atom. The lowest BCUT2D eigenvalue weighted by Gasteiger charge is -2.18. The van der Waals surface area contributed by atoms with Crippen molar-refractivity contribution in [3.05, 3.63) is 28.8 Å². The van der Waals surface area contributed by atoms with Gasteiger partial charge in [-0.05, 0) is 17.7 Å². The molecule has 0 bridgehead atoms. The standard InChI is InChI=1S/C11H10ClF2NOS/c12-7-2-8(13)9(14)3-10(7)15-4-6(5-17)1-11(15)16/h2-3,6,17H,1,4-5H2. The molecule has 0 spiro atoms. The molecule has 1 aliphatic rings. The molecule has 0 radical (unpaired) electrons. The first-order chi connectivity index (χ1) is 8.02. The number of thiol groups is 1. The third-order valence-electron chi connectivity index (χ3n) is 2.74. The van der Waals surface area contributed by atoms with Gasteiger partial charge in [-0.25, -0.2) is 8.78 Å². The lowest BCUT2D eigenvalue weighted by atomic mass is 10.1. The molecule has 1 aliphatic heterocycles. The summed E-state index contributed by atoms with van der Waals surface area (Å²) in [4.78, 5) is 13.1. The topological polar surface area (TPSA) is 20.3 Å². The van der Waals surface area contributed by atoms with Crippen LogP contribution in [0.1, 0.15) is 6.42 Å². The SMILES string of the molecule is O=C1CC(CS)CN1c1cc(F)c(F)cc1Cl. The van der Waals surface area contributed by atoms with Crippen LogP contribution in [0.5, 0.6) is 0 Å². The normalized spacial score (nSPS) is 20.1. The summed E-state index contributed by atoms with van der Waals surface area (Å²) in [5, 5.41) is 0.0389. The second-order valence-electron chi connectivity index (χ2n) is 3.97. The molecule has 1 atom stereocenters. The van der Waals surface area contributed by atoms with Gasteiger partial charge in [-0.1, -0.05) is 11.6 Å². The largest absolute Gasteiger partial charge is 0.310 e. The van der Waals surface area contributed by atoms with Gasteiger partial charge in [0, 0.05) is 19.0 Å². The first-order valence-electron chi connectivity index (χ1n) is 5.08. The number of hydrogen-bond donors (Lipinski definition) is 1. The highest BCUT2D eigenvalue weighted by molar-refractivity contribution is 7.80. The minimum atomic E-state index is -1.02. The summed E-state index contributed by atoms with van der Waals surface area (Å²) in [6.45, 7) is 0.438. The number of hydrogen-bond acceptors (Lipinski definition) is 2. The maximum Gasteiger partial charge on any atom is 0.227 e. The average molecular weight is 278 g/mol. The number of carbonyl (C=O) groups is 1. The van der Waals surface area contributed by atoms with E-state index in [2.05, 4.69) is 12.6 Å². The number of benzene rings is 1. The van der Waals surface area contributed by atoms with E-state index >= 15 is 0 Å². The van der Waals surface area contributed by atoms with Gasteiger partial charge in [0.25, 0.3) is 0 Å². The van der Waals surface area contributed by atoms with Gasteiger partial charge >= 0.3 is 0 Å². The van der Waals surface area contributed by atoms with Gasteiger partial charge in [-0.2, -0.15) is 12.6 Å². The highest BCUT2D eigenvalue weighted by Gasteiger charge is 2.31. The molecule has 17 heavy (non-hydrogen) atoms. The van der Waals surface area contributed by atoms with Crippen molar-refractivity contribution in [2.75, 3.05) is 17.2 Å². The monoisotopic (exact) mass is 277 g/mol. The van der Waals surface area contributed by atoms with Crippen molar-refractivity contribution < 1.29 is 13.6 Å². The van der Waals surface area contributed by atoms with E-state index in [4.69, 9.17) is 11.6 Å². The second-order valence-corrected chi connectivity index (χ2v) is 4.75. The quantitative estimate of drug-likeness (QED) is 0.651.